The maximum atomic E-state index is 13.0. The van der Waals surface area contributed by atoms with Crippen molar-refractivity contribution in [3.8, 4) is 5.82 Å². The third-order valence-electron chi connectivity index (χ3n) is 5.49. The third kappa shape index (κ3) is 4.40. The van der Waals surface area contributed by atoms with Gasteiger partial charge in [0.2, 0.25) is 15.9 Å². The number of rotatable bonds is 4. The predicted octanol–water partition coefficient (Wildman–Crippen LogP) is -0.0175. The molecule has 10 nitrogen and oxygen atoms in total. The predicted molar refractivity (Wildman–Crippen MR) is 107 cm³/mol. The van der Waals surface area contributed by atoms with Crippen molar-refractivity contribution >= 4 is 21.7 Å². The summed E-state index contributed by atoms with van der Waals surface area (Å²) in [6, 6.07) is 5.60. The van der Waals surface area contributed by atoms with E-state index in [9.17, 15) is 13.2 Å². The van der Waals surface area contributed by atoms with Crippen LogP contribution >= 0.6 is 0 Å². The molecule has 156 valence electrons. The molecule has 1 atom stereocenters. The molecule has 2 fully saturated rings. The Balaban J connectivity index is 1.37. The van der Waals surface area contributed by atoms with E-state index in [0.717, 1.165) is 25.2 Å². The maximum absolute atomic E-state index is 13.0. The summed E-state index contributed by atoms with van der Waals surface area (Å²) in [6.45, 7) is 3.05. The second-order valence-corrected chi connectivity index (χ2v) is 9.46. The Morgan fingerprint density at radius 3 is 2.41 bits per heavy atom. The number of nitrogens with zero attached hydrogens (tertiary/aromatic N) is 7. The zero-order chi connectivity index (χ0) is 20.4. The van der Waals surface area contributed by atoms with Crippen LogP contribution in [0.15, 0.2) is 30.6 Å². The average Bonchev–Trinajstić information content (AvgIpc) is 3.28. The average molecular weight is 420 g/mol. The fourth-order valence-electron chi connectivity index (χ4n) is 3.90. The van der Waals surface area contributed by atoms with Gasteiger partial charge in [-0.1, -0.05) is 0 Å². The molecule has 1 amide bonds. The Morgan fingerprint density at radius 2 is 1.79 bits per heavy atom. The van der Waals surface area contributed by atoms with Gasteiger partial charge in [-0.05, 0) is 31.0 Å². The molecule has 0 saturated carbocycles. The highest BCUT2D eigenvalue weighted by Gasteiger charge is 2.33. The van der Waals surface area contributed by atoms with E-state index in [-0.39, 0.29) is 11.8 Å². The van der Waals surface area contributed by atoms with Crippen molar-refractivity contribution in [1.82, 2.24) is 29.2 Å². The van der Waals surface area contributed by atoms with Gasteiger partial charge >= 0.3 is 0 Å². The monoisotopic (exact) mass is 419 g/mol. The van der Waals surface area contributed by atoms with Crippen molar-refractivity contribution in [2.75, 3.05) is 50.4 Å². The van der Waals surface area contributed by atoms with Crippen molar-refractivity contribution in [2.45, 2.75) is 12.8 Å². The summed E-state index contributed by atoms with van der Waals surface area (Å²) in [6.07, 6.45) is 6.44. The summed E-state index contributed by atoms with van der Waals surface area (Å²) < 4.78 is 26.4. The maximum Gasteiger partial charge on any atom is 0.227 e. The van der Waals surface area contributed by atoms with Crippen LogP contribution in [0, 0.1) is 5.92 Å². The fourth-order valence-corrected chi connectivity index (χ4v) is 4.73. The molecule has 2 saturated heterocycles. The lowest BCUT2D eigenvalue weighted by atomic mass is 9.96. The van der Waals surface area contributed by atoms with Gasteiger partial charge < -0.3 is 9.80 Å². The summed E-state index contributed by atoms with van der Waals surface area (Å²) in [5, 5.41) is 12.7. The quantitative estimate of drug-likeness (QED) is 0.686. The molecule has 0 bridgehead atoms. The van der Waals surface area contributed by atoms with E-state index >= 15 is 0 Å². The van der Waals surface area contributed by atoms with Crippen molar-refractivity contribution < 1.29 is 13.2 Å². The number of amides is 1. The highest BCUT2D eigenvalue weighted by molar-refractivity contribution is 7.88. The number of hydrogen-bond donors (Lipinski definition) is 0. The van der Waals surface area contributed by atoms with Crippen molar-refractivity contribution in [3.05, 3.63) is 30.6 Å². The second kappa shape index (κ2) is 8.07. The molecule has 0 spiro atoms. The lowest BCUT2D eigenvalue weighted by molar-refractivity contribution is -0.137. The summed E-state index contributed by atoms with van der Waals surface area (Å²) in [5.74, 6) is 1.39. The Labute approximate surface area is 170 Å². The summed E-state index contributed by atoms with van der Waals surface area (Å²) in [5.41, 5.74) is 0. The minimum absolute atomic E-state index is 0.101. The Kier molecular flexibility index (Phi) is 5.50. The summed E-state index contributed by atoms with van der Waals surface area (Å²) >= 11 is 0. The topological polar surface area (TPSA) is 105 Å². The molecule has 2 aliphatic heterocycles. The van der Waals surface area contributed by atoms with Crippen LogP contribution in [0.25, 0.3) is 5.82 Å². The van der Waals surface area contributed by atoms with Crippen LogP contribution in [0.5, 0.6) is 0 Å². The Hall–Kier alpha value is -2.53. The summed E-state index contributed by atoms with van der Waals surface area (Å²) in [4.78, 5) is 16.9. The molecule has 4 rings (SSSR count). The van der Waals surface area contributed by atoms with Gasteiger partial charge in [-0.3, -0.25) is 4.79 Å². The molecule has 2 aromatic heterocycles. The number of sulfonamides is 1. The van der Waals surface area contributed by atoms with Gasteiger partial charge in [-0.2, -0.15) is 9.40 Å². The van der Waals surface area contributed by atoms with Crippen LogP contribution in [0.3, 0.4) is 0 Å². The van der Waals surface area contributed by atoms with Gasteiger partial charge in [-0.25, -0.2) is 13.1 Å². The molecule has 2 aliphatic rings. The Morgan fingerprint density at radius 1 is 1.07 bits per heavy atom. The number of carbonyl (C=O) groups is 1. The lowest BCUT2D eigenvalue weighted by Gasteiger charge is -2.38. The zero-order valence-corrected chi connectivity index (χ0v) is 17.2. The molecule has 11 heteroatoms. The molecule has 4 heterocycles. The van der Waals surface area contributed by atoms with Crippen molar-refractivity contribution in [1.29, 1.82) is 0 Å². The van der Waals surface area contributed by atoms with Gasteiger partial charge in [0.25, 0.3) is 0 Å². The first-order valence-corrected chi connectivity index (χ1v) is 11.6. The number of aromatic nitrogens is 4. The van der Waals surface area contributed by atoms with E-state index in [0.29, 0.717) is 38.5 Å². The molecular formula is C18H25N7O3S. The molecule has 2 aromatic rings. The normalized spacial score (nSPS) is 21.3. The fraction of sp³-hybridized carbons (Fsp3) is 0.556. The van der Waals surface area contributed by atoms with E-state index in [1.54, 1.807) is 15.8 Å². The standard InChI is InChI=1S/C18H25N7O3S/c1-29(27,28)24-12-10-22(11-13-24)18(26)15-4-2-8-23(14-15)16-5-6-17(21-20-16)25-9-3-7-19-25/h3,5-7,9,15H,2,4,8,10-14H2,1H3. The number of anilines is 1. The molecule has 0 aliphatic carbocycles. The highest BCUT2D eigenvalue weighted by atomic mass is 32.2. The molecule has 1 unspecified atom stereocenters. The molecule has 0 radical (unpaired) electrons. The molecule has 0 aromatic carbocycles. The smallest absolute Gasteiger partial charge is 0.227 e. The first-order chi connectivity index (χ1) is 13.9. The van der Waals surface area contributed by atoms with Gasteiger partial charge in [-0.15, -0.1) is 10.2 Å². The minimum Gasteiger partial charge on any atom is -0.354 e. The minimum atomic E-state index is -3.20. The van der Waals surface area contributed by atoms with Gasteiger partial charge in [0, 0.05) is 51.7 Å². The zero-order valence-electron chi connectivity index (χ0n) is 16.4. The van der Waals surface area contributed by atoms with E-state index in [4.69, 9.17) is 0 Å². The third-order valence-corrected chi connectivity index (χ3v) is 6.79. The van der Waals surface area contributed by atoms with Gasteiger partial charge in [0.1, 0.15) is 0 Å². The van der Waals surface area contributed by atoms with Crippen LogP contribution < -0.4 is 4.90 Å². The number of piperidine rings is 1. The largest absolute Gasteiger partial charge is 0.354 e. The SMILES string of the molecule is CS(=O)(=O)N1CCN(C(=O)C2CCCN(c3ccc(-n4cccn4)nn3)C2)CC1. The first-order valence-electron chi connectivity index (χ1n) is 9.74. The molecule has 0 N–H and O–H groups in total. The molecular weight excluding hydrogens is 394 g/mol. The second-order valence-electron chi connectivity index (χ2n) is 7.47. The Bertz CT molecular complexity index is 938. The van der Waals surface area contributed by atoms with Gasteiger partial charge in [0.15, 0.2) is 11.6 Å². The van der Waals surface area contributed by atoms with Crippen LogP contribution in [0.1, 0.15) is 12.8 Å². The van der Waals surface area contributed by atoms with E-state index in [2.05, 4.69) is 20.2 Å². The lowest BCUT2D eigenvalue weighted by Crippen LogP contribution is -2.53. The van der Waals surface area contributed by atoms with Crippen LogP contribution in [-0.4, -0.2) is 89.0 Å². The van der Waals surface area contributed by atoms with Crippen LogP contribution in [-0.2, 0) is 14.8 Å². The van der Waals surface area contributed by atoms with Crippen molar-refractivity contribution in [3.63, 3.8) is 0 Å². The number of hydrogen-bond acceptors (Lipinski definition) is 7. The van der Waals surface area contributed by atoms with E-state index in [1.807, 2.05) is 24.4 Å². The summed E-state index contributed by atoms with van der Waals surface area (Å²) in [7, 11) is -3.20. The first kappa shape index (κ1) is 19.8. The van der Waals surface area contributed by atoms with Gasteiger partial charge in [0.05, 0.1) is 12.2 Å². The highest BCUT2D eigenvalue weighted by Crippen LogP contribution is 2.24. The number of piperazine rings is 1. The van der Waals surface area contributed by atoms with E-state index in [1.165, 1.54) is 10.6 Å². The number of carbonyl (C=O) groups excluding carboxylic acids is 1. The van der Waals surface area contributed by atoms with E-state index < -0.39 is 10.0 Å². The molecule has 29 heavy (non-hydrogen) atoms. The van der Waals surface area contributed by atoms with Crippen LogP contribution in [0.2, 0.25) is 0 Å². The van der Waals surface area contributed by atoms with Crippen molar-refractivity contribution in [2.24, 2.45) is 5.92 Å². The van der Waals surface area contributed by atoms with Crippen LogP contribution in [0.4, 0.5) is 5.82 Å².